The fraction of sp³-hybridized carbons (Fsp3) is 0.786. The predicted octanol–water partition coefficient (Wildman–Crippen LogP) is 2.12. The normalized spacial score (nSPS) is 18.2. The molecule has 1 aromatic heterocycles. The number of sulfonamides is 1. The Morgan fingerprint density at radius 1 is 1.38 bits per heavy atom. The van der Waals surface area contributed by atoms with Gasteiger partial charge in [-0.25, -0.2) is 13.1 Å². The Morgan fingerprint density at radius 3 is 2.62 bits per heavy atom. The maximum absolute atomic E-state index is 12.4. The van der Waals surface area contributed by atoms with E-state index in [9.17, 15) is 8.42 Å². The number of nitrogen functional groups attached to an aromatic ring is 1. The topological polar surface area (TPSA) is 90.0 Å². The molecule has 0 spiro atoms. The summed E-state index contributed by atoms with van der Waals surface area (Å²) in [7, 11) is -3.58. The molecule has 3 N–H and O–H groups in total. The highest BCUT2D eigenvalue weighted by Crippen LogP contribution is 2.40. The number of hydrogen-bond donors (Lipinski definition) is 2. The molecule has 0 unspecified atom stereocenters. The van der Waals surface area contributed by atoms with Crippen LogP contribution < -0.4 is 10.5 Å². The maximum atomic E-state index is 12.4. The summed E-state index contributed by atoms with van der Waals surface area (Å²) in [5.74, 6) is 0.0768. The Kier molecular flexibility index (Phi) is 4.93. The van der Waals surface area contributed by atoms with E-state index in [-0.39, 0.29) is 16.1 Å². The molecule has 0 saturated heterocycles. The van der Waals surface area contributed by atoms with Gasteiger partial charge in [-0.1, -0.05) is 26.7 Å². The fourth-order valence-electron chi connectivity index (χ4n) is 3.07. The number of anilines is 1. The highest BCUT2D eigenvalue weighted by molar-refractivity contribution is 7.89. The molecule has 2 rings (SSSR count). The molecule has 0 bridgehead atoms. The van der Waals surface area contributed by atoms with Gasteiger partial charge in [0.1, 0.15) is 4.90 Å². The number of aromatic nitrogens is 2. The van der Waals surface area contributed by atoms with Crippen LogP contribution in [0.15, 0.2) is 11.1 Å². The van der Waals surface area contributed by atoms with Gasteiger partial charge < -0.3 is 5.73 Å². The van der Waals surface area contributed by atoms with Crippen molar-refractivity contribution in [1.82, 2.24) is 14.5 Å². The minimum Gasteiger partial charge on any atom is -0.381 e. The number of hydrogen-bond acceptors (Lipinski definition) is 4. The molecule has 1 aliphatic rings. The van der Waals surface area contributed by atoms with Crippen LogP contribution in [-0.4, -0.2) is 24.7 Å². The van der Waals surface area contributed by atoms with Crippen molar-refractivity contribution in [3.63, 3.8) is 0 Å². The Morgan fingerprint density at radius 2 is 2.05 bits per heavy atom. The van der Waals surface area contributed by atoms with Crippen molar-refractivity contribution >= 4 is 15.8 Å². The van der Waals surface area contributed by atoms with Crippen molar-refractivity contribution in [3.8, 4) is 0 Å². The summed E-state index contributed by atoms with van der Waals surface area (Å²) in [4.78, 5) is 0.0974. The lowest BCUT2D eigenvalue weighted by molar-refractivity contribution is 0.285. The van der Waals surface area contributed by atoms with Crippen molar-refractivity contribution in [1.29, 1.82) is 0 Å². The largest absolute Gasteiger partial charge is 0.381 e. The molecule has 120 valence electrons. The van der Waals surface area contributed by atoms with Crippen molar-refractivity contribution in [3.05, 3.63) is 6.20 Å². The van der Waals surface area contributed by atoms with Crippen molar-refractivity contribution in [2.24, 2.45) is 5.41 Å². The van der Waals surface area contributed by atoms with E-state index in [4.69, 9.17) is 5.73 Å². The number of nitrogens with zero attached hydrogens (tertiary/aromatic N) is 2. The minimum atomic E-state index is -3.58. The molecule has 1 aliphatic carbocycles. The summed E-state index contributed by atoms with van der Waals surface area (Å²) in [6.07, 6.45) is 7.97. The van der Waals surface area contributed by atoms with Gasteiger partial charge >= 0.3 is 0 Å². The summed E-state index contributed by atoms with van der Waals surface area (Å²) in [6.45, 7) is 5.30. The van der Waals surface area contributed by atoms with Gasteiger partial charge in [0.05, 0.1) is 0 Å². The molecule has 0 atom stereocenters. The molecule has 0 aromatic carbocycles. The average molecular weight is 314 g/mol. The highest BCUT2D eigenvalue weighted by atomic mass is 32.2. The van der Waals surface area contributed by atoms with E-state index in [0.717, 1.165) is 25.7 Å². The van der Waals surface area contributed by atoms with E-state index < -0.39 is 10.0 Å². The Balaban J connectivity index is 2.11. The number of nitrogens with two attached hydrogens (primary N) is 1. The quantitative estimate of drug-likeness (QED) is 0.806. The van der Waals surface area contributed by atoms with Crippen LogP contribution in [0.5, 0.6) is 0 Å². The lowest BCUT2D eigenvalue weighted by Crippen LogP contribution is -2.35. The van der Waals surface area contributed by atoms with Crippen LogP contribution in [0.25, 0.3) is 0 Å². The molecule has 0 amide bonds. The minimum absolute atomic E-state index is 0.0768. The van der Waals surface area contributed by atoms with Crippen LogP contribution in [0.2, 0.25) is 0 Å². The summed E-state index contributed by atoms with van der Waals surface area (Å²) in [5, 5.41) is 4.06. The second-order valence-corrected chi connectivity index (χ2v) is 7.76. The van der Waals surface area contributed by atoms with Crippen LogP contribution in [0.3, 0.4) is 0 Å². The summed E-state index contributed by atoms with van der Waals surface area (Å²) in [6, 6.07) is 0. The van der Waals surface area contributed by atoms with Gasteiger partial charge in [0.2, 0.25) is 10.0 Å². The first-order valence-electron chi connectivity index (χ1n) is 7.75. The van der Waals surface area contributed by atoms with Gasteiger partial charge in [-0.05, 0) is 31.1 Å². The van der Waals surface area contributed by atoms with Gasteiger partial charge in [-0.15, -0.1) is 0 Å². The molecular weight excluding hydrogens is 288 g/mol. The lowest BCUT2D eigenvalue weighted by atomic mass is 9.84. The molecule has 1 aromatic rings. The maximum Gasteiger partial charge on any atom is 0.245 e. The van der Waals surface area contributed by atoms with Crippen molar-refractivity contribution in [2.45, 2.75) is 63.8 Å². The highest BCUT2D eigenvalue weighted by Gasteiger charge is 2.34. The van der Waals surface area contributed by atoms with E-state index in [2.05, 4.69) is 16.7 Å². The molecule has 21 heavy (non-hydrogen) atoms. The van der Waals surface area contributed by atoms with E-state index in [1.54, 1.807) is 4.68 Å². The van der Waals surface area contributed by atoms with Gasteiger partial charge in [0.25, 0.3) is 0 Å². The van der Waals surface area contributed by atoms with Gasteiger partial charge in [-0.2, -0.15) is 5.10 Å². The zero-order valence-electron chi connectivity index (χ0n) is 12.9. The smallest absolute Gasteiger partial charge is 0.245 e. The van der Waals surface area contributed by atoms with E-state index in [1.165, 1.54) is 19.0 Å². The van der Waals surface area contributed by atoms with Crippen LogP contribution in [0.1, 0.15) is 52.4 Å². The molecular formula is C14H26N4O2S. The second kappa shape index (κ2) is 6.36. The Labute approximate surface area is 127 Å². The third kappa shape index (κ3) is 3.58. The average Bonchev–Trinajstić information content (AvgIpc) is 3.05. The molecule has 1 heterocycles. The fourth-order valence-corrected chi connectivity index (χ4v) is 4.30. The summed E-state index contributed by atoms with van der Waals surface area (Å²) in [5.41, 5.74) is 5.87. The van der Waals surface area contributed by atoms with Crippen LogP contribution in [-0.2, 0) is 16.6 Å². The monoisotopic (exact) mass is 314 g/mol. The first-order chi connectivity index (χ1) is 9.92. The molecule has 1 fully saturated rings. The SMILES string of the molecule is CCCn1cc(S(=O)(=O)NCC2(CC)CCCC2)c(N)n1. The number of nitrogens with one attached hydrogen (secondary N) is 1. The molecule has 0 radical (unpaired) electrons. The first kappa shape index (κ1) is 16.3. The van der Waals surface area contributed by atoms with Crippen LogP contribution in [0.4, 0.5) is 5.82 Å². The summed E-state index contributed by atoms with van der Waals surface area (Å²) < 4.78 is 29.2. The Bertz CT molecular complexity index is 574. The number of aryl methyl sites for hydroxylation is 1. The Hall–Kier alpha value is -1.08. The molecule has 0 aliphatic heterocycles. The van der Waals surface area contributed by atoms with Crippen molar-refractivity contribution < 1.29 is 8.42 Å². The van der Waals surface area contributed by atoms with E-state index in [1.807, 2.05) is 6.92 Å². The zero-order chi connectivity index (χ0) is 15.5. The predicted molar refractivity (Wildman–Crippen MR) is 83.3 cm³/mol. The van der Waals surface area contributed by atoms with Gasteiger partial charge in [0, 0.05) is 19.3 Å². The lowest BCUT2D eigenvalue weighted by Gasteiger charge is -2.27. The van der Waals surface area contributed by atoms with Crippen LogP contribution >= 0.6 is 0 Å². The van der Waals surface area contributed by atoms with Crippen LogP contribution in [0, 0.1) is 5.41 Å². The van der Waals surface area contributed by atoms with Crippen molar-refractivity contribution in [2.75, 3.05) is 12.3 Å². The third-order valence-corrected chi connectivity index (χ3v) is 5.97. The standard InChI is InChI=1S/C14H26N4O2S/c1-3-9-18-10-12(13(15)17-18)21(19,20)16-11-14(4-2)7-5-6-8-14/h10,16H,3-9,11H2,1-2H3,(H2,15,17). The second-order valence-electron chi connectivity index (χ2n) is 6.03. The first-order valence-corrected chi connectivity index (χ1v) is 9.23. The van der Waals surface area contributed by atoms with Gasteiger partial charge in [0.15, 0.2) is 5.82 Å². The molecule has 7 heteroatoms. The third-order valence-electron chi connectivity index (χ3n) is 4.55. The van der Waals surface area contributed by atoms with Gasteiger partial charge in [-0.3, -0.25) is 4.68 Å². The number of rotatable bonds is 7. The van der Waals surface area contributed by atoms with E-state index in [0.29, 0.717) is 13.1 Å². The molecule has 6 nitrogen and oxygen atoms in total. The zero-order valence-corrected chi connectivity index (χ0v) is 13.7. The summed E-state index contributed by atoms with van der Waals surface area (Å²) >= 11 is 0. The van der Waals surface area contributed by atoms with E-state index >= 15 is 0 Å². The molecule has 1 saturated carbocycles.